The summed E-state index contributed by atoms with van der Waals surface area (Å²) < 4.78 is 2.55. The Morgan fingerprint density at radius 2 is 1.96 bits per heavy atom. The second kappa shape index (κ2) is 8.09. The average molecular weight is 381 g/mol. The molecular weight excluding hydrogens is 362 g/mol. The Morgan fingerprint density at radius 1 is 1.26 bits per heavy atom. The van der Waals surface area contributed by atoms with E-state index in [1.54, 1.807) is 12.1 Å². The Hall–Kier alpha value is -3.06. The molecule has 0 aliphatic carbocycles. The van der Waals surface area contributed by atoms with Gasteiger partial charge in [0.2, 0.25) is 0 Å². The highest BCUT2D eigenvalue weighted by Gasteiger charge is 2.12. The van der Waals surface area contributed by atoms with Crippen molar-refractivity contribution in [3.05, 3.63) is 81.2 Å². The van der Waals surface area contributed by atoms with Crippen LogP contribution in [0.25, 0.3) is 10.2 Å². The van der Waals surface area contributed by atoms with Crippen molar-refractivity contribution in [2.75, 3.05) is 0 Å². The number of aryl methyl sites for hydroxylation is 1. The molecule has 138 valence electrons. The predicted octanol–water partition coefficient (Wildman–Crippen LogP) is 4.03. The lowest BCUT2D eigenvalue weighted by atomic mass is 10.1. The number of benzene rings is 2. The Labute approximate surface area is 160 Å². The molecular formula is C20H19N3O3S. The lowest BCUT2D eigenvalue weighted by Gasteiger charge is -2.01. The summed E-state index contributed by atoms with van der Waals surface area (Å²) in [6.45, 7) is 6.29. The zero-order valence-corrected chi connectivity index (χ0v) is 15.7. The minimum absolute atomic E-state index is 0.0170. The first kappa shape index (κ1) is 18.7. The fourth-order valence-electron chi connectivity index (χ4n) is 2.78. The Kier molecular flexibility index (Phi) is 5.61. The van der Waals surface area contributed by atoms with Gasteiger partial charge in [-0.3, -0.25) is 14.9 Å². The van der Waals surface area contributed by atoms with Gasteiger partial charge in [-0.05, 0) is 23.6 Å². The fraction of sp³-hybridized carbons (Fsp3) is 0.200. The smallest absolute Gasteiger partial charge is 0.270 e. The summed E-state index contributed by atoms with van der Waals surface area (Å²) in [5.41, 5.74) is 2.94. The maximum atomic E-state index is 12.4. The first-order valence-corrected chi connectivity index (χ1v) is 9.37. The van der Waals surface area contributed by atoms with Gasteiger partial charge in [0.05, 0.1) is 21.6 Å². The van der Waals surface area contributed by atoms with Crippen molar-refractivity contribution in [1.82, 2.24) is 4.57 Å². The van der Waals surface area contributed by atoms with Crippen LogP contribution in [0.1, 0.15) is 18.1 Å². The quantitative estimate of drug-likeness (QED) is 0.367. The third kappa shape index (κ3) is 4.20. The highest BCUT2D eigenvalue weighted by molar-refractivity contribution is 7.16. The number of hydrogen-bond acceptors (Lipinski definition) is 4. The predicted molar refractivity (Wildman–Crippen MR) is 107 cm³/mol. The lowest BCUT2D eigenvalue weighted by molar-refractivity contribution is -0.384. The zero-order valence-electron chi connectivity index (χ0n) is 14.9. The molecule has 0 saturated heterocycles. The summed E-state index contributed by atoms with van der Waals surface area (Å²) in [5.74, 6) is -0.252. The fourth-order valence-corrected chi connectivity index (χ4v) is 3.87. The van der Waals surface area contributed by atoms with Crippen LogP contribution in [0.2, 0.25) is 0 Å². The summed E-state index contributed by atoms with van der Waals surface area (Å²) in [5, 5.41) is 11.0. The number of allylic oxidation sites excluding steroid dienone is 1. The molecule has 0 spiro atoms. The molecule has 0 unspecified atom stereocenters. The molecule has 0 radical (unpaired) electrons. The summed E-state index contributed by atoms with van der Waals surface area (Å²) in [4.78, 5) is 27.8. The van der Waals surface area contributed by atoms with E-state index in [2.05, 4.69) is 18.5 Å². The lowest BCUT2D eigenvalue weighted by Crippen LogP contribution is -2.16. The van der Waals surface area contributed by atoms with Crippen molar-refractivity contribution in [3.8, 4) is 0 Å². The Morgan fingerprint density at radius 3 is 2.59 bits per heavy atom. The number of hydrogen-bond donors (Lipinski definition) is 0. The molecule has 1 aromatic heterocycles. The number of nitro benzene ring substituents is 1. The summed E-state index contributed by atoms with van der Waals surface area (Å²) in [6, 6.07) is 12.6. The number of thiazole rings is 1. The number of rotatable bonds is 6. The molecule has 3 rings (SSSR count). The van der Waals surface area contributed by atoms with Crippen LogP contribution in [0.3, 0.4) is 0 Å². The van der Waals surface area contributed by atoms with Crippen LogP contribution in [0, 0.1) is 10.1 Å². The molecule has 0 saturated carbocycles. The van der Waals surface area contributed by atoms with Crippen molar-refractivity contribution in [2.45, 2.75) is 26.3 Å². The van der Waals surface area contributed by atoms with Gasteiger partial charge in [-0.1, -0.05) is 48.6 Å². The van der Waals surface area contributed by atoms with Crippen LogP contribution in [0.4, 0.5) is 5.69 Å². The summed E-state index contributed by atoms with van der Waals surface area (Å²) in [7, 11) is 0. The maximum absolute atomic E-state index is 12.4. The van der Waals surface area contributed by atoms with E-state index in [1.807, 2.05) is 28.8 Å². The van der Waals surface area contributed by atoms with Crippen molar-refractivity contribution >= 4 is 33.1 Å². The van der Waals surface area contributed by atoms with Gasteiger partial charge in [0.1, 0.15) is 0 Å². The average Bonchev–Trinajstić information content (AvgIpc) is 2.99. The van der Waals surface area contributed by atoms with Gasteiger partial charge in [-0.2, -0.15) is 4.99 Å². The standard InChI is InChI=1S/C20H19N3O3S/c1-3-11-22-17-10-9-16(23(25)26)13-18(17)27-20(22)21-19(24)12-15-7-5-14(4-2)6-8-15/h3,5-10,13H,1,4,11-12H2,2H3. The van der Waals surface area contributed by atoms with Crippen molar-refractivity contribution in [3.63, 3.8) is 0 Å². The van der Waals surface area contributed by atoms with E-state index in [4.69, 9.17) is 0 Å². The van der Waals surface area contributed by atoms with E-state index < -0.39 is 4.92 Å². The molecule has 1 amide bonds. The van der Waals surface area contributed by atoms with E-state index in [0.717, 1.165) is 17.5 Å². The van der Waals surface area contributed by atoms with Crippen LogP contribution < -0.4 is 4.80 Å². The summed E-state index contributed by atoms with van der Waals surface area (Å²) >= 11 is 1.26. The molecule has 27 heavy (non-hydrogen) atoms. The number of nitrogens with zero attached hydrogens (tertiary/aromatic N) is 3. The molecule has 2 aromatic carbocycles. The maximum Gasteiger partial charge on any atom is 0.270 e. The van der Waals surface area contributed by atoms with Crippen LogP contribution in [-0.2, 0) is 24.2 Å². The molecule has 0 N–H and O–H groups in total. The normalized spacial score (nSPS) is 11.7. The largest absolute Gasteiger partial charge is 0.312 e. The highest BCUT2D eigenvalue weighted by Crippen LogP contribution is 2.23. The van der Waals surface area contributed by atoms with E-state index in [1.165, 1.54) is 29.0 Å². The van der Waals surface area contributed by atoms with E-state index in [0.29, 0.717) is 16.0 Å². The highest BCUT2D eigenvalue weighted by atomic mass is 32.1. The Bertz CT molecular complexity index is 1080. The van der Waals surface area contributed by atoms with Gasteiger partial charge >= 0.3 is 0 Å². The van der Waals surface area contributed by atoms with Crippen molar-refractivity contribution in [1.29, 1.82) is 0 Å². The molecule has 0 aliphatic heterocycles. The van der Waals surface area contributed by atoms with Crippen molar-refractivity contribution < 1.29 is 9.72 Å². The minimum atomic E-state index is -0.432. The zero-order chi connectivity index (χ0) is 19.4. The van der Waals surface area contributed by atoms with Gasteiger partial charge in [-0.15, -0.1) is 6.58 Å². The van der Waals surface area contributed by atoms with Crippen molar-refractivity contribution in [2.24, 2.45) is 4.99 Å². The molecule has 3 aromatic rings. The Balaban J connectivity index is 1.97. The first-order chi connectivity index (χ1) is 13.0. The van der Waals surface area contributed by atoms with Gasteiger partial charge in [0.15, 0.2) is 4.80 Å². The van der Waals surface area contributed by atoms with E-state index in [-0.39, 0.29) is 18.0 Å². The number of fused-ring (bicyclic) bond motifs is 1. The second-order valence-electron chi connectivity index (χ2n) is 6.05. The monoisotopic (exact) mass is 381 g/mol. The molecule has 0 bridgehead atoms. The molecule has 0 atom stereocenters. The summed E-state index contributed by atoms with van der Waals surface area (Å²) in [6.07, 6.45) is 2.88. The van der Waals surface area contributed by atoms with Crippen LogP contribution in [0.5, 0.6) is 0 Å². The molecule has 1 heterocycles. The van der Waals surface area contributed by atoms with Gasteiger partial charge in [0, 0.05) is 18.7 Å². The molecule has 6 nitrogen and oxygen atoms in total. The van der Waals surface area contributed by atoms with E-state index >= 15 is 0 Å². The third-order valence-corrected chi connectivity index (χ3v) is 5.24. The third-order valence-electron chi connectivity index (χ3n) is 4.20. The van der Waals surface area contributed by atoms with Gasteiger partial charge in [0.25, 0.3) is 11.6 Å². The molecule has 7 heteroatoms. The number of non-ortho nitro benzene ring substituents is 1. The number of aromatic nitrogens is 1. The number of carbonyl (C=O) groups excluding carboxylic acids is 1. The van der Waals surface area contributed by atoms with Crippen LogP contribution in [0.15, 0.2) is 60.1 Å². The number of amides is 1. The molecule has 0 fully saturated rings. The van der Waals surface area contributed by atoms with Crippen LogP contribution >= 0.6 is 11.3 Å². The minimum Gasteiger partial charge on any atom is -0.312 e. The second-order valence-corrected chi connectivity index (χ2v) is 7.05. The van der Waals surface area contributed by atoms with Crippen LogP contribution in [-0.4, -0.2) is 15.4 Å². The van der Waals surface area contributed by atoms with Gasteiger partial charge in [-0.25, -0.2) is 0 Å². The molecule has 0 aliphatic rings. The SMILES string of the molecule is C=CCn1c(=NC(=O)Cc2ccc(CC)cc2)sc2cc([N+](=O)[O-])ccc21. The van der Waals surface area contributed by atoms with E-state index in [9.17, 15) is 14.9 Å². The number of carbonyl (C=O) groups is 1. The first-order valence-electron chi connectivity index (χ1n) is 8.56. The number of nitro groups is 1. The van der Waals surface area contributed by atoms with Gasteiger partial charge < -0.3 is 4.57 Å². The topological polar surface area (TPSA) is 77.5 Å².